The van der Waals surface area contributed by atoms with Gasteiger partial charge in [0.05, 0.1) is 12.0 Å². The molecule has 134 valence electrons. The fourth-order valence-corrected chi connectivity index (χ4v) is 2.21. The molecule has 0 bridgehead atoms. The van der Waals surface area contributed by atoms with E-state index in [1.807, 2.05) is 5.32 Å². The summed E-state index contributed by atoms with van der Waals surface area (Å²) in [5, 5.41) is 1.88. The predicted octanol–water partition coefficient (Wildman–Crippen LogP) is 4.67. The number of amides is 1. The molecular formula is C17H13F6NO. The van der Waals surface area contributed by atoms with Crippen molar-refractivity contribution in [3.8, 4) is 0 Å². The summed E-state index contributed by atoms with van der Waals surface area (Å²) in [6, 6.07) is 8.33. The summed E-state index contributed by atoms with van der Waals surface area (Å²) in [5.74, 6) is -0.939. The highest BCUT2D eigenvalue weighted by atomic mass is 19.4. The Kier molecular flexibility index (Phi) is 5.39. The van der Waals surface area contributed by atoms with Gasteiger partial charge in [-0.2, -0.15) is 26.3 Å². The molecule has 25 heavy (non-hydrogen) atoms. The van der Waals surface area contributed by atoms with Gasteiger partial charge in [0, 0.05) is 0 Å². The Morgan fingerprint density at radius 2 is 1.44 bits per heavy atom. The van der Waals surface area contributed by atoms with E-state index in [1.54, 1.807) is 6.07 Å². The summed E-state index contributed by atoms with van der Waals surface area (Å²) >= 11 is 0. The first-order valence-electron chi connectivity index (χ1n) is 7.14. The molecule has 0 heterocycles. The number of halogens is 6. The van der Waals surface area contributed by atoms with Gasteiger partial charge in [-0.05, 0) is 23.3 Å². The van der Waals surface area contributed by atoms with Gasteiger partial charge < -0.3 is 5.32 Å². The van der Waals surface area contributed by atoms with E-state index in [-0.39, 0.29) is 11.1 Å². The largest absolute Gasteiger partial charge is 0.416 e. The van der Waals surface area contributed by atoms with Crippen LogP contribution in [-0.2, 0) is 17.4 Å². The molecule has 0 saturated carbocycles. The minimum absolute atomic E-state index is 0.129. The first-order valence-corrected chi connectivity index (χ1v) is 7.14. The van der Waals surface area contributed by atoms with E-state index in [9.17, 15) is 31.1 Å². The third-order valence-electron chi connectivity index (χ3n) is 3.41. The van der Waals surface area contributed by atoms with Crippen LogP contribution in [0.5, 0.6) is 0 Å². The van der Waals surface area contributed by atoms with Crippen molar-refractivity contribution in [3.05, 3.63) is 71.3 Å². The molecule has 1 atom stereocenters. The molecule has 1 unspecified atom stereocenters. The van der Waals surface area contributed by atoms with Crippen LogP contribution in [0.25, 0.3) is 0 Å². The Bertz CT molecular complexity index is 707. The number of carbonyl (C=O) groups is 1. The third-order valence-corrected chi connectivity index (χ3v) is 3.41. The van der Waals surface area contributed by atoms with Crippen LogP contribution in [0.4, 0.5) is 26.3 Å². The molecule has 8 heteroatoms. The summed E-state index contributed by atoms with van der Waals surface area (Å²) in [4.78, 5) is 11.9. The van der Waals surface area contributed by atoms with Gasteiger partial charge in [-0.25, -0.2) is 0 Å². The normalized spacial score (nSPS) is 13.4. The number of benzene rings is 2. The lowest BCUT2D eigenvalue weighted by molar-refractivity contribution is -0.163. The van der Waals surface area contributed by atoms with Gasteiger partial charge in [0.15, 0.2) is 6.04 Å². The number of hydrogen-bond acceptors (Lipinski definition) is 1. The lowest BCUT2D eigenvalue weighted by Crippen LogP contribution is -2.38. The maximum Gasteiger partial charge on any atom is 0.416 e. The van der Waals surface area contributed by atoms with E-state index < -0.39 is 36.3 Å². The average Bonchev–Trinajstić information content (AvgIpc) is 2.52. The maximum atomic E-state index is 13.1. The molecule has 0 aromatic heterocycles. The lowest BCUT2D eigenvalue weighted by Gasteiger charge is -2.22. The predicted molar refractivity (Wildman–Crippen MR) is 78.5 cm³/mol. The van der Waals surface area contributed by atoms with Gasteiger partial charge in [-0.1, -0.05) is 42.5 Å². The fourth-order valence-electron chi connectivity index (χ4n) is 2.21. The molecule has 2 nitrogen and oxygen atoms in total. The Morgan fingerprint density at radius 3 is 1.92 bits per heavy atom. The van der Waals surface area contributed by atoms with Gasteiger partial charge in [-0.3, -0.25) is 4.79 Å². The second-order valence-electron chi connectivity index (χ2n) is 5.32. The summed E-state index contributed by atoms with van der Waals surface area (Å²) in [6.45, 7) is 0. The van der Waals surface area contributed by atoms with Crippen molar-refractivity contribution in [1.29, 1.82) is 0 Å². The van der Waals surface area contributed by atoms with Crippen molar-refractivity contribution in [2.45, 2.75) is 24.8 Å². The molecule has 1 N–H and O–H groups in total. The highest BCUT2D eigenvalue weighted by Gasteiger charge is 2.41. The Balaban J connectivity index is 2.09. The van der Waals surface area contributed by atoms with Crippen molar-refractivity contribution in [3.63, 3.8) is 0 Å². The van der Waals surface area contributed by atoms with E-state index in [1.165, 1.54) is 24.3 Å². The standard InChI is InChI=1S/C17H13F6NO/c18-16(19,20)13-8-6-11(7-9-13)10-14(25)24-15(17(21,22)23)12-4-2-1-3-5-12/h1-9,15H,10H2,(H,24,25). The number of hydrogen-bond donors (Lipinski definition) is 1. The highest BCUT2D eigenvalue weighted by molar-refractivity contribution is 5.79. The molecule has 0 aliphatic heterocycles. The van der Waals surface area contributed by atoms with Crippen LogP contribution in [0.3, 0.4) is 0 Å². The molecule has 0 fully saturated rings. The van der Waals surface area contributed by atoms with Gasteiger partial charge in [0.25, 0.3) is 0 Å². The Morgan fingerprint density at radius 1 is 0.880 bits per heavy atom. The van der Waals surface area contributed by atoms with Crippen LogP contribution >= 0.6 is 0 Å². The molecule has 2 aromatic carbocycles. The van der Waals surface area contributed by atoms with Crippen LogP contribution in [0.1, 0.15) is 22.7 Å². The minimum atomic E-state index is -4.70. The van der Waals surface area contributed by atoms with Crippen LogP contribution in [0, 0.1) is 0 Å². The molecule has 0 radical (unpaired) electrons. The zero-order valence-corrected chi connectivity index (χ0v) is 12.7. The van der Waals surface area contributed by atoms with E-state index in [4.69, 9.17) is 0 Å². The first-order chi connectivity index (χ1) is 11.6. The molecule has 2 rings (SSSR count). The van der Waals surface area contributed by atoms with Crippen LogP contribution in [-0.4, -0.2) is 12.1 Å². The molecule has 0 aliphatic carbocycles. The molecule has 2 aromatic rings. The molecule has 1 amide bonds. The monoisotopic (exact) mass is 361 g/mol. The smallest absolute Gasteiger partial charge is 0.341 e. The molecule has 0 aliphatic rings. The molecule has 0 saturated heterocycles. The van der Waals surface area contributed by atoms with E-state index in [0.717, 1.165) is 24.3 Å². The number of carbonyl (C=O) groups excluding carboxylic acids is 1. The Labute approximate surface area is 139 Å². The second kappa shape index (κ2) is 7.16. The topological polar surface area (TPSA) is 29.1 Å². The van der Waals surface area contributed by atoms with E-state index in [0.29, 0.717) is 0 Å². The Hall–Kier alpha value is -2.51. The average molecular weight is 361 g/mol. The summed E-state index contributed by atoms with van der Waals surface area (Å²) in [5.41, 5.74) is -0.843. The lowest BCUT2D eigenvalue weighted by atomic mass is 10.0. The number of rotatable bonds is 4. The van der Waals surface area contributed by atoms with Crippen molar-refractivity contribution in [1.82, 2.24) is 5.32 Å². The van der Waals surface area contributed by atoms with E-state index >= 15 is 0 Å². The number of alkyl halides is 6. The van der Waals surface area contributed by atoms with Gasteiger partial charge in [-0.15, -0.1) is 0 Å². The summed E-state index contributed by atoms with van der Waals surface area (Å²) in [7, 11) is 0. The van der Waals surface area contributed by atoms with Crippen LogP contribution in [0.2, 0.25) is 0 Å². The van der Waals surface area contributed by atoms with Crippen molar-refractivity contribution >= 4 is 5.91 Å². The van der Waals surface area contributed by atoms with Crippen LogP contribution < -0.4 is 5.32 Å². The highest BCUT2D eigenvalue weighted by Crippen LogP contribution is 2.33. The number of nitrogens with one attached hydrogen (secondary N) is 1. The molecule has 0 spiro atoms. The fraction of sp³-hybridized carbons (Fsp3) is 0.235. The quantitative estimate of drug-likeness (QED) is 0.788. The third kappa shape index (κ3) is 5.23. The van der Waals surface area contributed by atoms with E-state index in [2.05, 4.69) is 0 Å². The SMILES string of the molecule is O=C(Cc1ccc(C(F)(F)F)cc1)NC(c1ccccc1)C(F)(F)F. The van der Waals surface area contributed by atoms with Crippen molar-refractivity contribution < 1.29 is 31.1 Å². The van der Waals surface area contributed by atoms with Crippen LogP contribution in [0.15, 0.2) is 54.6 Å². The van der Waals surface area contributed by atoms with Crippen molar-refractivity contribution in [2.24, 2.45) is 0 Å². The van der Waals surface area contributed by atoms with Gasteiger partial charge in [0.1, 0.15) is 0 Å². The molecular weight excluding hydrogens is 348 g/mol. The van der Waals surface area contributed by atoms with Crippen molar-refractivity contribution in [2.75, 3.05) is 0 Å². The van der Waals surface area contributed by atoms with Gasteiger partial charge >= 0.3 is 12.4 Å². The zero-order chi connectivity index (χ0) is 18.7. The zero-order valence-electron chi connectivity index (χ0n) is 12.7. The van der Waals surface area contributed by atoms with Gasteiger partial charge in [0.2, 0.25) is 5.91 Å². The second-order valence-corrected chi connectivity index (χ2v) is 5.32. The minimum Gasteiger partial charge on any atom is -0.341 e. The maximum absolute atomic E-state index is 13.1. The summed E-state index contributed by atoms with van der Waals surface area (Å²) in [6.07, 6.45) is -9.68. The summed E-state index contributed by atoms with van der Waals surface area (Å²) < 4.78 is 76.9. The first kappa shape index (κ1) is 18.8.